The van der Waals surface area contributed by atoms with Crippen LogP contribution < -0.4 is 15.8 Å². The van der Waals surface area contributed by atoms with Gasteiger partial charge in [-0.3, -0.25) is 4.79 Å². The van der Waals surface area contributed by atoms with Crippen molar-refractivity contribution in [1.82, 2.24) is 0 Å². The fourth-order valence-electron chi connectivity index (χ4n) is 1.63. The molecule has 0 aliphatic rings. The zero-order valence-corrected chi connectivity index (χ0v) is 12.1. The van der Waals surface area contributed by atoms with E-state index in [1.165, 1.54) is 7.11 Å². The highest BCUT2D eigenvalue weighted by molar-refractivity contribution is 6.33. The summed E-state index contributed by atoms with van der Waals surface area (Å²) in [5, 5.41) is 3.63. The summed E-state index contributed by atoms with van der Waals surface area (Å²) in [7, 11) is 1.49. The Balaban J connectivity index is 2.27. The number of benzene rings is 2. The van der Waals surface area contributed by atoms with Crippen molar-refractivity contribution in [2.45, 2.75) is 0 Å². The summed E-state index contributed by atoms with van der Waals surface area (Å²) in [6.07, 6.45) is 0. The minimum absolute atomic E-state index is 0.291. The van der Waals surface area contributed by atoms with E-state index < -0.39 is 0 Å². The number of carbonyl (C=O) groups is 1. The molecule has 20 heavy (non-hydrogen) atoms. The van der Waals surface area contributed by atoms with Gasteiger partial charge < -0.3 is 15.8 Å². The molecular weight excluding hydrogens is 299 g/mol. The molecule has 0 saturated carbocycles. The molecule has 0 heterocycles. The number of carbonyl (C=O) groups excluding carboxylic acids is 1. The van der Waals surface area contributed by atoms with Gasteiger partial charge in [-0.1, -0.05) is 23.2 Å². The van der Waals surface area contributed by atoms with Gasteiger partial charge in [-0.05, 0) is 30.3 Å². The lowest BCUT2D eigenvalue weighted by Crippen LogP contribution is -2.12. The second-order valence-corrected chi connectivity index (χ2v) is 4.88. The van der Waals surface area contributed by atoms with Crippen molar-refractivity contribution in [2.75, 3.05) is 18.2 Å². The summed E-state index contributed by atoms with van der Waals surface area (Å²) in [5.41, 5.74) is 6.99. The molecule has 2 rings (SSSR count). The molecule has 2 aromatic carbocycles. The number of halogens is 2. The van der Waals surface area contributed by atoms with Crippen molar-refractivity contribution in [3.63, 3.8) is 0 Å². The lowest BCUT2D eigenvalue weighted by Gasteiger charge is -2.12. The molecule has 0 radical (unpaired) electrons. The van der Waals surface area contributed by atoms with E-state index in [9.17, 15) is 4.79 Å². The van der Waals surface area contributed by atoms with Gasteiger partial charge in [0.2, 0.25) is 0 Å². The largest absolute Gasteiger partial charge is 0.494 e. The highest BCUT2D eigenvalue weighted by Gasteiger charge is 2.12. The first-order chi connectivity index (χ1) is 9.51. The third-order valence-corrected chi connectivity index (χ3v) is 3.25. The monoisotopic (exact) mass is 310 g/mol. The third kappa shape index (κ3) is 3.15. The number of nitrogen functional groups attached to an aromatic ring is 1. The van der Waals surface area contributed by atoms with Crippen molar-refractivity contribution in [2.24, 2.45) is 0 Å². The van der Waals surface area contributed by atoms with Crippen LogP contribution in [0.1, 0.15) is 10.4 Å². The van der Waals surface area contributed by atoms with Crippen molar-refractivity contribution in [3.05, 3.63) is 52.0 Å². The number of nitrogens with two attached hydrogens (primary N) is 1. The smallest absolute Gasteiger partial charge is 0.255 e. The Morgan fingerprint density at radius 2 is 1.85 bits per heavy atom. The fraction of sp³-hybridized carbons (Fsp3) is 0.0714. The Bertz CT molecular complexity index is 642. The van der Waals surface area contributed by atoms with Crippen LogP contribution in [0, 0.1) is 0 Å². The molecule has 0 aliphatic heterocycles. The number of anilines is 2. The first-order valence-electron chi connectivity index (χ1n) is 5.71. The van der Waals surface area contributed by atoms with Gasteiger partial charge in [0.15, 0.2) is 0 Å². The summed E-state index contributed by atoms with van der Waals surface area (Å²) in [6, 6.07) is 9.64. The molecule has 1 amide bonds. The van der Waals surface area contributed by atoms with Crippen LogP contribution in [0.2, 0.25) is 10.0 Å². The van der Waals surface area contributed by atoms with Crippen LogP contribution in [-0.2, 0) is 0 Å². The molecule has 0 unspecified atom stereocenters. The second kappa shape index (κ2) is 6.03. The summed E-state index contributed by atoms with van der Waals surface area (Å²) < 4.78 is 5.16. The van der Waals surface area contributed by atoms with Gasteiger partial charge in [0.1, 0.15) is 5.75 Å². The molecular formula is C14H12Cl2N2O2. The summed E-state index contributed by atoms with van der Waals surface area (Å²) >= 11 is 11.7. The third-order valence-electron chi connectivity index (χ3n) is 2.67. The molecule has 0 spiro atoms. The minimum Gasteiger partial charge on any atom is -0.494 e. The summed E-state index contributed by atoms with van der Waals surface area (Å²) in [5.74, 6) is 0.148. The van der Waals surface area contributed by atoms with Gasteiger partial charge in [-0.15, -0.1) is 0 Å². The zero-order valence-electron chi connectivity index (χ0n) is 10.6. The molecule has 0 saturated heterocycles. The Morgan fingerprint density at radius 1 is 1.20 bits per heavy atom. The first kappa shape index (κ1) is 14.5. The average Bonchev–Trinajstić information content (AvgIpc) is 2.43. The van der Waals surface area contributed by atoms with E-state index >= 15 is 0 Å². The SMILES string of the molecule is COc1cc(N)c(Cl)cc1NC(=O)c1ccc(Cl)cc1. The number of rotatable bonds is 3. The van der Waals surface area contributed by atoms with Crippen LogP contribution in [0.25, 0.3) is 0 Å². The molecule has 0 atom stereocenters. The number of hydrogen-bond donors (Lipinski definition) is 2. The highest BCUT2D eigenvalue weighted by atomic mass is 35.5. The van der Waals surface area contributed by atoms with E-state index in [-0.39, 0.29) is 5.91 Å². The molecule has 104 valence electrons. The number of amides is 1. The van der Waals surface area contributed by atoms with Gasteiger partial charge in [-0.2, -0.15) is 0 Å². The minimum atomic E-state index is -0.291. The average molecular weight is 311 g/mol. The van der Waals surface area contributed by atoms with Crippen LogP contribution in [0.5, 0.6) is 5.75 Å². The molecule has 6 heteroatoms. The number of methoxy groups -OCH3 is 1. The van der Waals surface area contributed by atoms with Crippen LogP contribution in [0.3, 0.4) is 0 Å². The van der Waals surface area contributed by atoms with E-state index in [1.54, 1.807) is 36.4 Å². The van der Waals surface area contributed by atoms with E-state index in [1.807, 2.05) is 0 Å². The molecule has 0 fully saturated rings. The van der Waals surface area contributed by atoms with Crippen molar-refractivity contribution in [1.29, 1.82) is 0 Å². The Labute approximate surface area is 126 Å². The maximum atomic E-state index is 12.1. The van der Waals surface area contributed by atoms with Crippen LogP contribution in [-0.4, -0.2) is 13.0 Å². The van der Waals surface area contributed by atoms with Gasteiger partial charge in [0.05, 0.1) is 23.5 Å². The van der Waals surface area contributed by atoms with Crippen LogP contribution in [0.15, 0.2) is 36.4 Å². The van der Waals surface area contributed by atoms with Gasteiger partial charge in [0, 0.05) is 16.7 Å². The summed E-state index contributed by atoms with van der Waals surface area (Å²) in [4.78, 5) is 12.1. The van der Waals surface area contributed by atoms with E-state index in [4.69, 9.17) is 33.7 Å². The molecule has 0 aromatic heterocycles. The first-order valence-corrected chi connectivity index (χ1v) is 6.47. The number of ether oxygens (including phenoxy) is 1. The maximum Gasteiger partial charge on any atom is 0.255 e. The lowest BCUT2D eigenvalue weighted by molar-refractivity contribution is 0.102. The second-order valence-electron chi connectivity index (χ2n) is 4.04. The van der Waals surface area contributed by atoms with Gasteiger partial charge in [-0.25, -0.2) is 0 Å². The predicted octanol–water partition coefficient (Wildman–Crippen LogP) is 3.84. The Morgan fingerprint density at radius 3 is 2.45 bits per heavy atom. The van der Waals surface area contributed by atoms with Crippen LogP contribution >= 0.6 is 23.2 Å². The van der Waals surface area contributed by atoms with Crippen molar-refractivity contribution < 1.29 is 9.53 Å². The molecule has 0 aliphatic carbocycles. The van der Waals surface area contributed by atoms with Gasteiger partial charge in [0.25, 0.3) is 5.91 Å². The van der Waals surface area contributed by atoms with Crippen LogP contribution in [0.4, 0.5) is 11.4 Å². The summed E-state index contributed by atoms with van der Waals surface area (Å²) in [6.45, 7) is 0. The van der Waals surface area contributed by atoms with E-state index in [0.29, 0.717) is 32.7 Å². The zero-order chi connectivity index (χ0) is 14.7. The van der Waals surface area contributed by atoms with Crippen molar-refractivity contribution >= 4 is 40.5 Å². The van der Waals surface area contributed by atoms with Crippen molar-refractivity contribution in [3.8, 4) is 5.75 Å². The number of hydrogen-bond acceptors (Lipinski definition) is 3. The van der Waals surface area contributed by atoms with E-state index in [2.05, 4.69) is 5.32 Å². The Kier molecular flexibility index (Phi) is 4.37. The van der Waals surface area contributed by atoms with E-state index in [0.717, 1.165) is 0 Å². The highest BCUT2D eigenvalue weighted by Crippen LogP contribution is 2.33. The maximum absolute atomic E-state index is 12.1. The molecule has 2 aromatic rings. The topological polar surface area (TPSA) is 64.3 Å². The Hall–Kier alpha value is -1.91. The quantitative estimate of drug-likeness (QED) is 0.847. The predicted molar refractivity (Wildman–Crippen MR) is 81.8 cm³/mol. The lowest BCUT2D eigenvalue weighted by atomic mass is 10.2. The molecule has 3 N–H and O–H groups in total. The molecule has 4 nitrogen and oxygen atoms in total. The fourth-order valence-corrected chi connectivity index (χ4v) is 1.92. The normalized spacial score (nSPS) is 10.2. The number of nitrogens with one attached hydrogen (secondary N) is 1. The standard InChI is InChI=1S/C14H12Cl2N2O2/c1-20-13-7-11(17)10(16)6-12(13)18-14(19)8-2-4-9(15)5-3-8/h2-7H,17H2,1H3,(H,18,19). The molecule has 0 bridgehead atoms. The van der Waals surface area contributed by atoms with Gasteiger partial charge >= 0.3 is 0 Å².